The van der Waals surface area contributed by atoms with Gasteiger partial charge in [0, 0.05) is 17.2 Å². The SMILES string of the molecule is Cc1cccc(COc2nc(C)n(-c3cc(-c4nc(C(C)(C)C)ncc4C)ccc3Cl)c(=O)c2C)c1. The van der Waals surface area contributed by atoms with Crippen LogP contribution in [-0.2, 0) is 12.0 Å². The van der Waals surface area contributed by atoms with E-state index in [1.54, 1.807) is 19.9 Å². The van der Waals surface area contributed by atoms with Gasteiger partial charge in [-0.15, -0.1) is 0 Å². The van der Waals surface area contributed by atoms with Crippen molar-refractivity contribution in [3.8, 4) is 22.8 Å². The van der Waals surface area contributed by atoms with Crippen molar-refractivity contribution in [2.45, 2.75) is 60.5 Å². The fourth-order valence-electron chi connectivity index (χ4n) is 3.99. The van der Waals surface area contributed by atoms with E-state index in [1.807, 2.05) is 50.4 Å². The molecule has 36 heavy (non-hydrogen) atoms. The summed E-state index contributed by atoms with van der Waals surface area (Å²) in [5.41, 5.74) is 5.31. The van der Waals surface area contributed by atoms with Crippen LogP contribution < -0.4 is 10.3 Å². The molecule has 0 aliphatic rings. The Morgan fingerprint density at radius 3 is 2.44 bits per heavy atom. The molecular formula is C29H31ClN4O2. The summed E-state index contributed by atoms with van der Waals surface area (Å²) in [4.78, 5) is 27.4. The number of rotatable bonds is 5. The van der Waals surface area contributed by atoms with E-state index >= 15 is 0 Å². The van der Waals surface area contributed by atoms with Crippen molar-refractivity contribution in [3.05, 3.63) is 97.9 Å². The molecule has 0 N–H and O–H groups in total. The molecule has 0 saturated heterocycles. The number of halogens is 1. The average Bonchev–Trinajstić information content (AvgIpc) is 2.81. The normalized spacial score (nSPS) is 11.6. The van der Waals surface area contributed by atoms with Crippen LogP contribution in [0, 0.1) is 27.7 Å². The van der Waals surface area contributed by atoms with Crippen LogP contribution >= 0.6 is 11.6 Å². The first-order chi connectivity index (χ1) is 17.0. The topological polar surface area (TPSA) is 69.9 Å². The molecule has 7 heteroatoms. The standard InChI is InChI=1S/C29H31ClN4O2/c1-17-9-8-10-21(13-17)16-36-26-19(3)27(35)34(20(4)32-26)24-14-22(11-12-23(24)30)25-18(2)15-31-28(33-25)29(5,6)7/h8-15H,16H2,1-7H3. The van der Waals surface area contributed by atoms with E-state index in [0.29, 0.717) is 34.6 Å². The highest BCUT2D eigenvalue weighted by Gasteiger charge is 2.21. The third kappa shape index (κ3) is 5.19. The number of hydrogen-bond acceptors (Lipinski definition) is 5. The molecule has 0 unspecified atom stereocenters. The predicted molar refractivity (Wildman–Crippen MR) is 144 cm³/mol. The van der Waals surface area contributed by atoms with Crippen LogP contribution in [0.5, 0.6) is 5.88 Å². The van der Waals surface area contributed by atoms with E-state index in [0.717, 1.165) is 33.8 Å². The Balaban J connectivity index is 1.75. The largest absolute Gasteiger partial charge is 0.472 e. The first-order valence-electron chi connectivity index (χ1n) is 11.9. The van der Waals surface area contributed by atoms with Gasteiger partial charge in [-0.25, -0.2) is 9.97 Å². The molecule has 0 bridgehead atoms. The molecule has 0 fully saturated rings. The third-order valence-corrected chi connectivity index (χ3v) is 6.31. The molecule has 0 atom stereocenters. The first-order valence-corrected chi connectivity index (χ1v) is 12.3. The van der Waals surface area contributed by atoms with Crippen LogP contribution in [0.1, 0.15) is 54.7 Å². The zero-order valence-electron chi connectivity index (χ0n) is 21.8. The second-order valence-corrected chi connectivity index (χ2v) is 10.6. The van der Waals surface area contributed by atoms with Crippen molar-refractivity contribution >= 4 is 11.6 Å². The average molecular weight is 503 g/mol. The lowest BCUT2D eigenvalue weighted by molar-refractivity contribution is 0.289. The fourth-order valence-corrected chi connectivity index (χ4v) is 4.19. The second kappa shape index (κ2) is 9.86. The van der Waals surface area contributed by atoms with Crippen molar-refractivity contribution in [2.75, 3.05) is 0 Å². The Labute approximate surface area is 217 Å². The molecule has 0 saturated carbocycles. The molecule has 4 aromatic rings. The Morgan fingerprint density at radius 2 is 1.75 bits per heavy atom. The Bertz CT molecular complexity index is 1500. The van der Waals surface area contributed by atoms with E-state index in [9.17, 15) is 4.79 Å². The quantitative estimate of drug-likeness (QED) is 0.313. The molecule has 0 amide bonds. The molecule has 0 aliphatic carbocycles. The van der Waals surface area contributed by atoms with Gasteiger partial charge in [0.25, 0.3) is 5.56 Å². The first kappa shape index (κ1) is 25.6. The number of aryl methyl sites for hydroxylation is 3. The van der Waals surface area contributed by atoms with Gasteiger partial charge < -0.3 is 4.74 Å². The molecule has 0 spiro atoms. The fraction of sp³-hybridized carbons (Fsp3) is 0.310. The van der Waals surface area contributed by atoms with Crippen molar-refractivity contribution in [2.24, 2.45) is 0 Å². The van der Waals surface area contributed by atoms with E-state index in [-0.39, 0.29) is 11.0 Å². The molecule has 6 nitrogen and oxygen atoms in total. The van der Waals surface area contributed by atoms with E-state index in [4.69, 9.17) is 21.3 Å². The predicted octanol–water partition coefficient (Wildman–Crippen LogP) is 6.45. The maximum absolute atomic E-state index is 13.5. The summed E-state index contributed by atoms with van der Waals surface area (Å²) in [5, 5.41) is 0.446. The lowest BCUT2D eigenvalue weighted by atomic mass is 9.95. The number of benzene rings is 2. The summed E-state index contributed by atoms with van der Waals surface area (Å²) in [6.07, 6.45) is 1.83. The zero-order valence-corrected chi connectivity index (χ0v) is 22.6. The monoisotopic (exact) mass is 502 g/mol. The van der Waals surface area contributed by atoms with Gasteiger partial charge in [0.2, 0.25) is 5.88 Å². The summed E-state index contributed by atoms with van der Waals surface area (Å²) in [7, 11) is 0. The molecule has 186 valence electrons. The van der Waals surface area contributed by atoms with E-state index in [2.05, 4.69) is 36.8 Å². The molecule has 0 aliphatic heterocycles. The summed E-state index contributed by atoms with van der Waals surface area (Å²) < 4.78 is 7.47. The van der Waals surface area contributed by atoms with Gasteiger partial charge in [0.05, 0.1) is 22.0 Å². The maximum Gasteiger partial charge on any atom is 0.264 e. The highest BCUT2D eigenvalue weighted by atomic mass is 35.5. The number of nitrogens with zero attached hydrogens (tertiary/aromatic N) is 4. The summed E-state index contributed by atoms with van der Waals surface area (Å²) >= 11 is 6.60. The Hall–Kier alpha value is -3.51. The lowest BCUT2D eigenvalue weighted by Gasteiger charge is -2.19. The third-order valence-electron chi connectivity index (χ3n) is 5.99. The van der Waals surface area contributed by atoms with Gasteiger partial charge in [-0.3, -0.25) is 9.36 Å². The van der Waals surface area contributed by atoms with Crippen molar-refractivity contribution < 1.29 is 4.74 Å². The number of aromatic nitrogens is 4. The van der Waals surface area contributed by atoms with Gasteiger partial charge in [0.15, 0.2) is 0 Å². The highest BCUT2D eigenvalue weighted by molar-refractivity contribution is 6.32. The van der Waals surface area contributed by atoms with Gasteiger partial charge >= 0.3 is 0 Å². The summed E-state index contributed by atoms with van der Waals surface area (Å²) in [5.74, 6) is 1.56. The van der Waals surface area contributed by atoms with Crippen LogP contribution in [0.15, 0.2) is 53.5 Å². The van der Waals surface area contributed by atoms with Crippen LogP contribution in [-0.4, -0.2) is 19.5 Å². The highest BCUT2D eigenvalue weighted by Crippen LogP contribution is 2.30. The molecule has 2 aromatic heterocycles. The van der Waals surface area contributed by atoms with E-state index in [1.165, 1.54) is 4.57 Å². The minimum Gasteiger partial charge on any atom is -0.472 e. The van der Waals surface area contributed by atoms with Gasteiger partial charge in [0.1, 0.15) is 18.3 Å². The maximum atomic E-state index is 13.5. The second-order valence-electron chi connectivity index (χ2n) is 10.1. The molecule has 2 aromatic carbocycles. The molecule has 2 heterocycles. The Morgan fingerprint density at radius 1 is 1.00 bits per heavy atom. The number of hydrogen-bond donors (Lipinski definition) is 0. The number of ether oxygens (including phenoxy) is 1. The summed E-state index contributed by atoms with van der Waals surface area (Å²) in [6, 6.07) is 13.6. The van der Waals surface area contributed by atoms with Gasteiger partial charge in [-0.1, -0.05) is 68.3 Å². The van der Waals surface area contributed by atoms with Crippen LogP contribution in [0.25, 0.3) is 16.9 Å². The molecular weight excluding hydrogens is 472 g/mol. The van der Waals surface area contributed by atoms with Crippen molar-refractivity contribution in [1.82, 2.24) is 19.5 Å². The molecule has 0 radical (unpaired) electrons. The van der Waals surface area contributed by atoms with Gasteiger partial charge in [-0.05, 0) is 51.0 Å². The van der Waals surface area contributed by atoms with Crippen molar-refractivity contribution in [3.63, 3.8) is 0 Å². The zero-order chi connectivity index (χ0) is 26.2. The molecule has 4 rings (SSSR count). The Kier molecular flexibility index (Phi) is 7.01. The van der Waals surface area contributed by atoms with Crippen LogP contribution in [0.4, 0.5) is 0 Å². The smallest absolute Gasteiger partial charge is 0.264 e. The summed E-state index contributed by atoms with van der Waals surface area (Å²) in [6.45, 7) is 14.1. The van der Waals surface area contributed by atoms with Gasteiger partial charge in [-0.2, -0.15) is 4.98 Å². The lowest BCUT2D eigenvalue weighted by Crippen LogP contribution is -2.25. The minimum atomic E-state index is -0.226. The minimum absolute atomic E-state index is 0.194. The van der Waals surface area contributed by atoms with E-state index < -0.39 is 0 Å². The van der Waals surface area contributed by atoms with Crippen LogP contribution in [0.3, 0.4) is 0 Å². The van der Waals surface area contributed by atoms with Crippen molar-refractivity contribution in [1.29, 1.82) is 0 Å². The van der Waals surface area contributed by atoms with Crippen LogP contribution in [0.2, 0.25) is 5.02 Å².